The number of nitrogens with zero attached hydrogens (tertiary/aromatic N) is 2. The zero-order valence-electron chi connectivity index (χ0n) is 16.6. The van der Waals surface area contributed by atoms with Gasteiger partial charge in [-0.15, -0.1) is 0 Å². The summed E-state index contributed by atoms with van der Waals surface area (Å²) < 4.78 is 5.13. The number of halogens is 2. The molecule has 1 fully saturated rings. The Balaban J connectivity index is 1.65. The van der Waals surface area contributed by atoms with Crippen molar-refractivity contribution in [3.05, 3.63) is 56.6 Å². The summed E-state index contributed by atoms with van der Waals surface area (Å²) >= 11 is 12.1. The Hall–Kier alpha value is -2.88. The first-order chi connectivity index (χ1) is 14.8. The van der Waals surface area contributed by atoms with E-state index in [1.54, 1.807) is 23.1 Å². The summed E-state index contributed by atoms with van der Waals surface area (Å²) in [7, 11) is 1.36. The molecule has 2 aromatic rings. The number of benzene rings is 2. The minimum Gasteiger partial charge on any atom is -0.494 e. The van der Waals surface area contributed by atoms with Crippen molar-refractivity contribution in [3.63, 3.8) is 0 Å². The van der Waals surface area contributed by atoms with E-state index >= 15 is 0 Å². The van der Waals surface area contributed by atoms with Crippen LogP contribution >= 0.6 is 23.2 Å². The number of nitrogens with one attached hydrogen (secondary N) is 2. The average molecular weight is 467 g/mol. The third-order valence-corrected chi connectivity index (χ3v) is 5.43. The SMILES string of the molecule is COc1cc([N+](=O)[O-])ccc1NC(=O)CN1CCCC1C(=O)Nc1cc(Cl)ccc1Cl. The van der Waals surface area contributed by atoms with Gasteiger partial charge in [-0.2, -0.15) is 0 Å². The Labute approximate surface area is 188 Å². The van der Waals surface area contributed by atoms with Crippen molar-refractivity contribution in [2.24, 2.45) is 0 Å². The molecule has 9 nitrogen and oxygen atoms in total. The lowest BCUT2D eigenvalue weighted by Crippen LogP contribution is -2.43. The maximum Gasteiger partial charge on any atom is 0.273 e. The second-order valence-corrected chi connectivity index (χ2v) is 7.78. The maximum absolute atomic E-state index is 12.8. The van der Waals surface area contributed by atoms with Crippen LogP contribution in [0.25, 0.3) is 0 Å². The number of nitro groups is 1. The molecule has 2 amide bonds. The van der Waals surface area contributed by atoms with E-state index in [4.69, 9.17) is 27.9 Å². The van der Waals surface area contributed by atoms with Gasteiger partial charge in [0.25, 0.3) is 5.69 Å². The van der Waals surface area contributed by atoms with Crippen molar-refractivity contribution in [2.45, 2.75) is 18.9 Å². The highest BCUT2D eigenvalue weighted by molar-refractivity contribution is 6.35. The number of hydrogen-bond acceptors (Lipinski definition) is 6. The second-order valence-electron chi connectivity index (χ2n) is 6.93. The van der Waals surface area contributed by atoms with Crippen LogP contribution in [0.1, 0.15) is 12.8 Å². The van der Waals surface area contributed by atoms with E-state index in [1.165, 1.54) is 25.3 Å². The summed E-state index contributed by atoms with van der Waals surface area (Å²) in [4.78, 5) is 37.5. The van der Waals surface area contributed by atoms with E-state index in [0.717, 1.165) is 6.42 Å². The summed E-state index contributed by atoms with van der Waals surface area (Å²) in [6.07, 6.45) is 1.35. The zero-order chi connectivity index (χ0) is 22.5. The molecule has 0 aliphatic carbocycles. The number of non-ortho nitro benzene ring substituents is 1. The topological polar surface area (TPSA) is 114 Å². The minimum atomic E-state index is -0.548. The molecule has 164 valence electrons. The number of likely N-dealkylation sites (tertiary alicyclic amines) is 1. The highest BCUT2D eigenvalue weighted by Crippen LogP contribution is 2.30. The highest BCUT2D eigenvalue weighted by atomic mass is 35.5. The average Bonchev–Trinajstić information content (AvgIpc) is 3.18. The maximum atomic E-state index is 12.8. The first-order valence-electron chi connectivity index (χ1n) is 9.40. The molecule has 0 saturated carbocycles. The van der Waals surface area contributed by atoms with Gasteiger partial charge < -0.3 is 15.4 Å². The van der Waals surface area contributed by atoms with Crippen molar-refractivity contribution in [2.75, 3.05) is 30.8 Å². The third-order valence-electron chi connectivity index (χ3n) is 4.87. The van der Waals surface area contributed by atoms with Gasteiger partial charge in [-0.25, -0.2) is 0 Å². The fourth-order valence-corrected chi connectivity index (χ4v) is 3.73. The van der Waals surface area contributed by atoms with Crippen molar-refractivity contribution >= 4 is 52.1 Å². The molecule has 31 heavy (non-hydrogen) atoms. The molecule has 1 aliphatic heterocycles. The fraction of sp³-hybridized carbons (Fsp3) is 0.300. The Kier molecular flexibility index (Phi) is 7.32. The van der Waals surface area contributed by atoms with Crippen LogP contribution in [0.3, 0.4) is 0 Å². The number of carbonyl (C=O) groups is 2. The number of carbonyl (C=O) groups excluding carboxylic acids is 2. The van der Waals surface area contributed by atoms with Gasteiger partial charge >= 0.3 is 0 Å². The van der Waals surface area contributed by atoms with E-state index in [1.807, 2.05) is 0 Å². The van der Waals surface area contributed by atoms with E-state index in [2.05, 4.69) is 10.6 Å². The molecule has 1 aliphatic rings. The van der Waals surface area contributed by atoms with Crippen LogP contribution in [0.5, 0.6) is 5.75 Å². The summed E-state index contributed by atoms with van der Waals surface area (Å²) in [5, 5.41) is 17.2. The van der Waals surface area contributed by atoms with E-state index in [9.17, 15) is 19.7 Å². The smallest absolute Gasteiger partial charge is 0.273 e. The molecule has 1 saturated heterocycles. The Bertz CT molecular complexity index is 1020. The van der Waals surface area contributed by atoms with Crippen molar-refractivity contribution in [3.8, 4) is 5.75 Å². The lowest BCUT2D eigenvalue weighted by Gasteiger charge is -2.23. The van der Waals surface area contributed by atoms with Gasteiger partial charge in [0.05, 0.1) is 47.1 Å². The molecule has 1 heterocycles. The van der Waals surface area contributed by atoms with Crippen molar-refractivity contribution < 1.29 is 19.2 Å². The minimum absolute atomic E-state index is 0.0263. The van der Waals surface area contributed by atoms with Crippen LogP contribution in [0.2, 0.25) is 10.0 Å². The number of rotatable bonds is 7. The fourth-order valence-electron chi connectivity index (χ4n) is 3.39. The Morgan fingerprint density at radius 1 is 1.19 bits per heavy atom. The second kappa shape index (κ2) is 9.95. The molecule has 0 radical (unpaired) electrons. The van der Waals surface area contributed by atoms with Crippen LogP contribution < -0.4 is 15.4 Å². The molecule has 3 rings (SSSR count). The monoisotopic (exact) mass is 466 g/mol. The standard InChI is InChI=1S/C20H20Cl2N4O5/c1-31-18-10-13(26(29)30)5-7-15(18)23-19(27)11-25-8-2-3-17(25)20(28)24-16-9-12(21)4-6-14(16)22/h4-7,9-10,17H,2-3,8,11H2,1H3,(H,23,27)(H,24,28). The molecule has 0 bridgehead atoms. The number of anilines is 2. The van der Waals surface area contributed by atoms with Crippen LogP contribution in [0.15, 0.2) is 36.4 Å². The van der Waals surface area contributed by atoms with Gasteiger partial charge in [0.1, 0.15) is 5.75 Å². The number of methoxy groups -OCH3 is 1. The molecule has 0 aromatic heterocycles. The summed E-state index contributed by atoms with van der Waals surface area (Å²) in [6, 6.07) is 8.20. The van der Waals surface area contributed by atoms with Gasteiger partial charge in [-0.05, 0) is 43.7 Å². The van der Waals surface area contributed by atoms with Crippen molar-refractivity contribution in [1.82, 2.24) is 4.90 Å². The largest absolute Gasteiger partial charge is 0.494 e. The molecule has 1 atom stereocenters. The lowest BCUT2D eigenvalue weighted by atomic mass is 10.2. The third kappa shape index (κ3) is 5.63. The van der Waals surface area contributed by atoms with Crippen LogP contribution in [0.4, 0.5) is 17.1 Å². The van der Waals surface area contributed by atoms with Gasteiger partial charge in [-0.1, -0.05) is 23.2 Å². The summed E-state index contributed by atoms with van der Waals surface area (Å²) in [6.45, 7) is 0.549. The van der Waals surface area contributed by atoms with Gasteiger partial charge in [0.2, 0.25) is 11.8 Å². The molecule has 0 spiro atoms. The van der Waals surface area contributed by atoms with Gasteiger partial charge in [-0.3, -0.25) is 24.6 Å². The Morgan fingerprint density at radius 2 is 1.97 bits per heavy atom. The van der Waals surface area contributed by atoms with Gasteiger partial charge in [0, 0.05) is 11.1 Å². The number of amides is 2. The van der Waals surface area contributed by atoms with Crippen LogP contribution in [-0.4, -0.2) is 47.9 Å². The first-order valence-corrected chi connectivity index (χ1v) is 10.2. The normalized spacial score (nSPS) is 16.0. The lowest BCUT2D eigenvalue weighted by molar-refractivity contribution is -0.384. The van der Waals surface area contributed by atoms with E-state index in [0.29, 0.717) is 34.4 Å². The van der Waals surface area contributed by atoms with Crippen LogP contribution in [0, 0.1) is 10.1 Å². The number of hydrogen-bond donors (Lipinski definition) is 2. The Morgan fingerprint density at radius 3 is 2.68 bits per heavy atom. The van der Waals surface area contributed by atoms with E-state index in [-0.39, 0.29) is 29.8 Å². The molecule has 2 aromatic carbocycles. The zero-order valence-corrected chi connectivity index (χ0v) is 18.1. The summed E-state index contributed by atoms with van der Waals surface area (Å²) in [5.74, 6) is -0.469. The highest BCUT2D eigenvalue weighted by Gasteiger charge is 2.32. The first kappa shape index (κ1) is 22.8. The predicted molar refractivity (Wildman–Crippen MR) is 118 cm³/mol. The van der Waals surface area contributed by atoms with E-state index < -0.39 is 11.0 Å². The summed E-state index contributed by atoms with van der Waals surface area (Å²) in [5.41, 5.74) is 0.570. The molecular formula is C20H20Cl2N4O5. The quantitative estimate of drug-likeness (QED) is 0.471. The molecular weight excluding hydrogens is 447 g/mol. The number of ether oxygens (including phenoxy) is 1. The molecule has 1 unspecified atom stereocenters. The predicted octanol–water partition coefficient (Wildman–Crippen LogP) is 3.95. The van der Waals surface area contributed by atoms with Gasteiger partial charge in [0.15, 0.2) is 0 Å². The van der Waals surface area contributed by atoms with Crippen LogP contribution in [-0.2, 0) is 9.59 Å². The van der Waals surface area contributed by atoms with Crippen molar-refractivity contribution in [1.29, 1.82) is 0 Å². The number of nitro benzene ring substituents is 1. The molecule has 11 heteroatoms. The molecule has 2 N–H and O–H groups in total.